The van der Waals surface area contributed by atoms with Crippen molar-refractivity contribution in [2.45, 2.75) is 58.7 Å². The van der Waals surface area contributed by atoms with Gasteiger partial charge in [0, 0.05) is 16.7 Å². The highest BCUT2D eigenvalue weighted by Crippen LogP contribution is 2.51. The van der Waals surface area contributed by atoms with Crippen LogP contribution in [0.3, 0.4) is 0 Å². The summed E-state index contributed by atoms with van der Waals surface area (Å²) in [7, 11) is 0. The van der Waals surface area contributed by atoms with Gasteiger partial charge in [0.05, 0.1) is 0 Å². The van der Waals surface area contributed by atoms with Gasteiger partial charge < -0.3 is 9.47 Å². The smallest absolute Gasteiger partial charge is 0.268 e. The van der Waals surface area contributed by atoms with E-state index in [0.29, 0.717) is 0 Å². The predicted octanol–water partition coefficient (Wildman–Crippen LogP) is 5.75. The van der Waals surface area contributed by atoms with Crippen molar-refractivity contribution in [3.05, 3.63) is 59.2 Å². The highest BCUT2D eigenvalue weighted by Gasteiger charge is 2.36. The molecule has 1 aliphatic rings. The van der Waals surface area contributed by atoms with Crippen LogP contribution >= 0.6 is 0 Å². The molecular formula is C21H26O2. The summed E-state index contributed by atoms with van der Waals surface area (Å²) >= 11 is 0. The van der Waals surface area contributed by atoms with Crippen molar-refractivity contribution in [2.24, 2.45) is 0 Å². The SMILES string of the molecule is CC(C)(C)c1ccc(C(C)(C)C)c2c1OC(c1ccccc1)O2. The minimum Gasteiger partial charge on any atom is -0.446 e. The van der Waals surface area contributed by atoms with Gasteiger partial charge in [-0.25, -0.2) is 0 Å². The lowest BCUT2D eigenvalue weighted by molar-refractivity contribution is 0.0470. The maximum absolute atomic E-state index is 6.26. The minimum absolute atomic E-state index is 0.00936. The third-order valence-electron chi connectivity index (χ3n) is 4.25. The maximum atomic E-state index is 6.26. The number of benzene rings is 2. The second kappa shape index (κ2) is 5.30. The van der Waals surface area contributed by atoms with E-state index in [0.717, 1.165) is 17.1 Å². The Morgan fingerprint density at radius 1 is 0.652 bits per heavy atom. The highest BCUT2D eigenvalue weighted by molar-refractivity contribution is 5.58. The van der Waals surface area contributed by atoms with Gasteiger partial charge in [-0.15, -0.1) is 0 Å². The van der Waals surface area contributed by atoms with Gasteiger partial charge in [-0.3, -0.25) is 0 Å². The first-order valence-electron chi connectivity index (χ1n) is 8.24. The van der Waals surface area contributed by atoms with Crippen molar-refractivity contribution in [2.75, 3.05) is 0 Å². The van der Waals surface area contributed by atoms with Crippen LogP contribution in [-0.2, 0) is 10.8 Å². The lowest BCUT2D eigenvalue weighted by Crippen LogP contribution is -2.15. The Morgan fingerprint density at radius 2 is 1.09 bits per heavy atom. The second-order valence-electron chi connectivity index (χ2n) is 8.30. The van der Waals surface area contributed by atoms with E-state index in [1.165, 1.54) is 11.1 Å². The van der Waals surface area contributed by atoms with E-state index in [9.17, 15) is 0 Å². The standard InChI is InChI=1S/C21H26O2/c1-20(2,3)15-12-13-16(21(4,5)6)18-17(15)22-19(23-18)14-10-8-7-9-11-14/h7-13,19H,1-6H3. The highest BCUT2D eigenvalue weighted by atomic mass is 16.7. The van der Waals surface area contributed by atoms with Gasteiger partial charge in [-0.2, -0.15) is 0 Å². The van der Waals surface area contributed by atoms with Crippen molar-refractivity contribution in [1.82, 2.24) is 0 Å². The molecule has 2 heteroatoms. The van der Waals surface area contributed by atoms with E-state index < -0.39 is 0 Å². The molecule has 0 aliphatic carbocycles. The van der Waals surface area contributed by atoms with Crippen molar-refractivity contribution in [3.63, 3.8) is 0 Å². The molecule has 0 saturated carbocycles. The van der Waals surface area contributed by atoms with Crippen LogP contribution in [0.25, 0.3) is 0 Å². The summed E-state index contributed by atoms with van der Waals surface area (Å²) in [5.41, 5.74) is 3.45. The van der Waals surface area contributed by atoms with Crippen LogP contribution in [-0.4, -0.2) is 0 Å². The largest absolute Gasteiger partial charge is 0.446 e. The van der Waals surface area contributed by atoms with Gasteiger partial charge >= 0.3 is 0 Å². The average Bonchev–Trinajstić information content (AvgIpc) is 2.89. The second-order valence-corrected chi connectivity index (χ2v) is 8.30. The van der Waals surface area contributed by atoms with Crippen molar-refractivity contribution in [3.8, 4) is 11.5 Å². The molecular weight excluding hydrogens is 284 g/mol. The predicted molar refractivity (Wildman–Crippen MR) is 94.3 cm³/mol. The summed E-state index contributed by atoms with van der Waals surface area (Å²) in [6, 6.07) is 14.5. The fraction of sp³-hybridized carbons (Fsp3) is 0.429. The number of hydrogen-bond donors (Lipinski definition) is 0. The monoisotopic (exact) mass is 310 g/mol. The van der Waals surface area contributed by atoms with Gasteiger partial charge in [0.25, 0.3) is 6.29 Å². The Morgan fingerprint density at radius 3 is 1.48 bits per heavy atom. The summed E-state index contributed by atoms with van der Waals surface area (Å²) < 4.78 is 12.5. The molecule has 1 aliphatic heterocycles. The van der Waals surface area contributed by atoms with Gasteiger partial charge in [-0.1, -0.05) is 84.0 Å². The molecule has 2 nitrogen and oxygen atoms in total. The first-order valence-corrected chi connectivity index (χ1v) is 8.24. The summed E-state index contributed by atoms with van der Waals surface area (Å²) in [4.78, 5) is 0. The lowest BCUT2D eigenvalue weighted by atomic mass is 9.81. The zero-order valence-electron chi connectivity index (χ0n) is 14.9. The molecule has 0 saturated heterocycles. The molecule has 0 aromatic heterocycles. The average molecular weight is 310 g/mol. The van der Waals surface area contributed by atoms with Crippen LogP contribution in [0.1, 0.15) is 64.5 Å². The molecule has 2 aromatic rings. The number of ether oxygens (including phenoxy) is 2. The first kappa shape index (κ1) is 15.9. The normalized spacial score (nSPS) is 15.0. The van der Waals surface area contributed by atoms with Crippen LogP contribution in [0.2, 0.25) is 0 Å². The van der Waals surface area contributed by atoms with Crippen molar-refractivity contribution in [1.29, 1.82) is 0 Å². The summed E-state index contributed by atoms with van der Waals surface area (Å²) in [6.07, 6.45) is -0.365. The Labute approximate surface area is 139 Å². The van der Waals surface area contributed by atoms with Gasteiger partial charge in [-0.05, 0) is 10.8 Å². The van der Waals surface area contributed by atoms with Crippen LogP contribution in [0.4, 0.5) is 0 Å². The topological polar surface area (TPSA) is 18.5 Å². The van der Waals surface area contributed by atoms with E-state index in [2.05, 4.69) is 53.7 Å². The van der Waals surface area contributed by atoms with Gasteiger partial charge in [0.1, 0.15) is 0 Å². The third kappa shape index (κ3) is 2.95. The molecule has 122 valence electrons. The van der Waals surface area contributed by atoms with Gasteiger partial charge in [0.2, 0.25) is 0 Å². The fourth-order valence-corrected chi connectivity index (χ4v) is 2.96. The van der Waals surface area contributed by atoms with E-state index >= 15 is 0 Å². The zero-order valence-corrected chi connectivity index (χ0v) is 14.9. The number of rotatable bonds is 1. The zero-order chi connectivity index (χ0) is 16.8. The quantitative estimate of drug-likeness (QED) is 0.667. The molecule has 0 fully saturated rings. The van der Waals surface area contributed by atoms with Crippen LogP contribution in [0.5, 0.6) is 11.5 Å². The molecule has 0 amide bonds. The number of fused-ring (bicyclic) bond motifs is 1. The Balaban J connectivity index is 2.11. The van der Waals surface area contributed by atoms with E-state index in [-0.39, 0.29) is 17.1 Å². The summed E-state index contributed by atoms with van der Waals surface area (Å²) in [5.74, 6) is 1.80. The van der Waals surface area contributed by atoms with Crippen LogP contribution in [0, 0.1) is 0 Å². The number of hydrogen-bond acceptors (Lipinski definition) is 2. The van der Waals surface area contributed by atoms with Crippen molar-refractivity contribution < 1.29 is 9.47 Å². The third-order valence-corrected chi connectivity index (χ3v) is 4.25. The first-order chi connectivity index (χ1) is 10.7. The fourth-order valence-electron chi connectivity index (χ4n) is 2.96. The molecule has 0 atom stereocenters. The molecule has 0 N–H and O–H groups in total. The maximum Gasteiger partial charge on any atom is 0.268 e. The Bertz CT molecular complexity index is 660. The molecule has 2 aromatic carbocycles. The van der Waals surface area contributed by atoms with Crippen molar-refractivity contribution >= 4 is 0 Å². The molecule has 0 spiro atoms. The lowest BCUT2D eigenvalue weighted by Gasteiger charge is -2.25. The van der Waals surface area contributed by atoms with Crippen LogP contribution < -0.4 is 9.47 Å². The molecule has 3 rings (SSSR count). The molecule has 1 heterocycles. The molecule has 23 heavy (non-hydrogen) atoms. The van der Waals surface area contributed by atoms with E-state index in [1.807, 2.05) is 30.3 Å². The van der Waals surface area contributed by atoms with Crippen LogP contribution in [0.15, 0.2) is 42.5 Å². The van der Waals surface area contributed by atoms with E-state index in [1.54, 1.807) is 0 Å². The molecule has 0 radical (unpaired) electrons. The summed E-state index contributed by atoms with van der Waals surface area (Å²) in [6.45, 7) is 13.2. The summed E-state index contributed by atoms with van der Waals surface area (Å²) in [5, 5.41) is 0. The molecule has 0 bridgehead atoms. The minimum atomic E-state index is -0.365. The van der Waals surface area contributed by atoms with E-state index in [4.69, 9.17) is 9.47 Å². The van der Waals surface area contributed by atoms with Gasteiger partial charge in [0.15, 0.2) is 11.5 Å². The Hall–Kier alpha value is -1.96. The Kier molecular flexibility index (Phi) is 3.66. The molecule has 0 unspecified atom stereocenters.